The molecule has 0 aliphatic carbocycles. The fraction of sp³-hybridized carbons (Fsp3) is 0.952. The number of aliphatic hydroxyl groups excluding tert-OH is 1. The minimum atomic E-state index is -4.96. The lowest BCUT2D eigenvalue weighted by atomic mass is 10.0. The molecule has 0 aliphatic heterocycles. The third-order valence-electron chi connectivity index (χ3n) is 19.6. The molecular formula is C84H164O17P2. The third-order valence-corrected chi connectivity index (χ3v) is 21.5. The summed E-state index contributed by atoms with van der Waals surface area (Å²) < 4.78 is 68.8. The summed E-state index contributed by atoms with van der Waals surface area (Å²) in [6.07, 6.45) is 61.3. The standard InChI is InChI=1S/C84H164O17P2/c1-74(2)60-52-44-36-30-24-18-14-11-9-10-12-16-20-27-33-39-48-56-64-81(86)94-70-79(100-83(88)67-59-51-41-35-29-23-22-26-32-38-46-54-62-76(5)6)72-98-102(90,91)96-68-78(85)69-97-103(92,93)99-73-80(71-95-82(87)65-57-49-43-42-47-55-63-77(7)8)101-84(89)66-58-50-40-34-28-21-17-13-15-19-25-31-37-45-53-61-75(3)4/h74-80,85H,9-73H2,1-8H3,(H,90,91)(H,92,93)/t78?,79-,80-/m1/s1. The van der Waals surface area contributed by atoms with Gasteiger partial charge in [0, 0.05) is 25.7 Å². The van der Waals surface area contributed by atoms with Crippen molar-refractivity contribution in [1.29, 1.82) is 0 Å². The normalized spacial score (nSPS) is 14.0. The molecule has 0 aromatic carbocycles. The molecule has 0 rings (SSSR count). The summed E-state index contributed by atoms with van der Waals surface area (Å²) >= 11 is 0. The van der Waals surface area contributed by atoms with Gasteiger partial charge in [-0.05, 0) is 49.4 Å². The molecule has 0 fully saturated rings. The summed E-state index contributed by atoms with van der Waals surface area (Å²) in [6.45, 7) is 14.3. The third kappa shape index (κ3) is 78.0. The average molecular weight is 1510 g/mol. The van der Waals surface area contributed by atoms with Crippen LogP contribution in [0.3, 0.4) is 0 Å². The molecule has 19 heteroatoms. The topological polar surface area (TPSA) is 237 Å². The lowest BCUT2D eigenvalue weighted by Gasteiger charge is -2.21. The van der Waals surface area contributed by atoms with Crippen LogP contribution in [0.5, 0.6) is 0 Å². The predicted octanol–water partition coefficient (Wildman–Crippen LogP) is 25.2. The van der Waals surface area contributed by atoms with Crippen LogP contribution in [-0.2, 0) is 65.4 Å². The van der Waals surface area contributed by atoms with Crippen molar-refractivity contribution in [3.05, 3.63) is 0 Å². The van der Waals surface area contributed by atoms with Gasteiger partial charge in [0.1, 0.15) is 19.3 Å². The van der Waals surface area contributed by atoms with Gasteiger partial charge in [-0.2, -0.15) is 0 Å². The Hall–Kier alpha value is -1.94. The highest BCUT2D eigenvalue weighted by atomic mass is 31.2. The number of phosphoric ester groups is 2. The first-order valence-corrected chi connectivity index (χ1v) is 46.2. The summed E-state index contributed by atoms with van der Waals surface area (Å²) in [5.74, 6) is 0.969. The molecule has 17 nitrogen and oxygen atoms in total. The van der Waals surface area contributed by atoms with Crippen LogP contribution in [0, 0.1) is 23.7 Å². The molecule has 0 saturated heterocycles. The molecule has 0 aliphatic rings. The van der Waals surface area contributed by atoms with E-state index in [1.54, 1.807) is 0 Å². The minimum Gasteiger partial charge on any atom is -0.462 e. The zero-order valence-electron chi connectivity index (χ0n) is 68.0. The summed E-state index contributed by atoms with van der Waals surface area (Å²) in [5.41, 5.74) is 0. The Kier molecular flexibility index (Phi) is 71.5. The maximum Gasteiger partial charge on any atom is 0.472 e. The second-order valence-corrected chi connectivity index (χ2v) is 35.0. The number of hydrogen-bond donors (Lipinski definition) is 3. The zero-order chi connectivity index (χ0) is 76.0. The van der Waals surface area contributed by atoms with Gasteiger partial charge in [0.15, 0.2) is 12.2 Å². The van der Waals surface area contributed by atoms with E-state index < -0.39 is 97.5 Å². The van der Waals surface area contributed by atoms with Gasteiger partial charge in [-0.1, -0.05) is 383 Å². The molecule has 3 N–H and O–H groups in total. The number of carbonyl (C=O) groups excluding carboxylic acids is 4. The van der Waals surface area contributed by atoms with Crippen LogP contribution in [0.1, 0.15) is 434 Å². The van der Waals surface area contributed by atoms with Crippen molar-refractivity contribution in [1.82, 2.24) is 0 Å². The zero-order valence-corrected chi connectivity index (χ0v) is 69.7. The van der Waals surface area contributed by atoms with E-state index in [0.29, 0.717) is 31.6 Å². The predicted molar refractivity (Wildman–Crippen MR) is 423 cm³/mol. The quantitative estimate of drug-likeness (QED) is 0.0222. The molecule has 0 heterocycles. The number of rotatable bonds is 81. The van der Waals surface area contributed by atoms with E-state index in [4.69, 9.17) is 37.0 Å². The van der Waals surface area contributed by atoms with E-state index in [1.807, 2.05) is 0 Å². The molecule has 612 valence electrons. The van der Waals surface area contributed by atoms with E-state index in [-0.39, 0.29) is 25.7 Å². The van der Waals surface area contributed by atoms with Gasteiger partial charge < -0.3 is 33.8 Å². The van der Waals surface area contributed by atoms with Crippen molar-refractivity contribution in [3.63, 3.8) is 0 Å². The van der Waals surface area contributed by atoms with E-state index in [0.717, 1.165) is 114 Å². The van der Waals surface area contributed by atoms with Gasteiger partial charge in [-0.15, -0.1) is 0 Å². The van der Waals surface area contributed by atoms with Crippen LogP contribution in [0.25, 0.3) is 0 Å². The summed E-state index contributed by atoms with van der Waals surface area (Å²) in [5, 5.41) is 10.7. The molecule has 0 amide bonds. The number of hydrogen-bond acceptors (Lipinski definition) is 15. The van der Waals surface area contributed by atoms with Crippen molar-refractivity contribution in [2.75, 3.05) is 39.6 Å². The van der Waals surface area contributed by atoms with E-state index in [2.05, 4.69) is 55.4 Å². The lowest BCUT2D eigenvalue weighted by Crippen LogP contribution is -2.30. The van der Waals surface area contributed by atoms with Crippen LogP contribution in [-0.4, -0.2) is 96.7 Å². The van der Waals surface area contributed by atoms with E-state index in [9.17, 15) is 43.2 Å². The highest BCUT2D eigenvalue weighted by Crippen LogP contribution is 2.45. The first-order valence-electron chi connectivity index (χ1n) is 43.2. The molecule has 0 saturated carbocycles. The van der Waals surface area contributed by atoms with Crippen LogP contribution in [0.2, 0.25) is 0 Å². The van der Waals surface area contributed by atoms with Crippen LogP contribution >= 0.6 is 15.6 Å². The fourth-order valence-corrected chi connectivity index (χ4v) is 14.5. The Morgan fingerprint density at radius 2 is 0.408 bits per heavy atom. The van der Waals surface area contributed by atoms with Gasteiger partial charge in [0.25, 0.3) is 0 Å². The molecule has 103 heavy (non-hydrogen) atoms. The molecule has 3 unspecified atom stereocenters. The Bertz CT molecular complexity index is 2010. The number of phosphoric acid groups is 2. The Morgan fingerprint density at radius 3 is 0.602 bits per heavy atom. The number of esters is 4. The second kappa shape index (κ2) is 72.9. The molecular weight excluding hydrogens is 1340 g/mol. The van der Waals surface area contributed by atoms with Crippen molar-refractivity contribution >= 4 is 39.5 Å². The van der Waals surface area contributed by atoms with Crippen LogP contribution in [0.4, 0.5) is 0 Å². The molecule has 0 bridgehead atoms. The highest BCUT2D eigenvalue weighted by molar-refractivity contribution is 7.47. The van der Waals surface area contributed by atoms with Crippen molar-refractivity contribution in [2.45, 2.75) is 453 Å². The molecule has 0 aromatic heterocycles. The number of aliphatic hydroxyl groups is 1. The van der Waals surface area contributed by atoms with Gasteiger partial charge >= 0.3 is 39.5 Å². The summed E-state index contributed by atoms with van der Waals surface area (Å²) in [4.78, 5) is 73.1. The second-order valence-electron chi connectivity index (χ2n) is 32.1. The molecule has 0 aromatic rings. The van der Waals surface area contributed by atoms with Gasteiger partial charge in [0.05, 0.1) is 26.4 Å². The Labute approximate surface area is 632 Å². The summed E-state index contributed by atoms with van der Waals surface area (Å²) in [7, 11) is -9.92. The summed E-state index contributed by atoms with van der Waals surface area (Å²) in [6, 6.07) is 0. The van der Waals surface area contributed by atoms with E-state index in [1.165, 1.54) is 231 Å². The Balaban J connectivity index is 5.19. The largest absolute Gasteiger partial charge is 0.472 e. The monoisotopic (exact) mass is 1510 g/mol. The van der Waals surface area contributed by atoms with Crippen LogP contribution in [0.15, 0.2) is 0 Å². The van der Waals surface area contributed by atoms with Crippen molar-refractivity contribution in [3.8, 4) is 0 Å². The van der Waals surface area contributed by atoms with Crippen LogP contribution < -0.4 is 0 Å². The maximum atomic E-state index is 13.1. The maximum absolute atomic E-state index is 13.1. The van der Waals surface area contributed by atoms with Crippen molar-refractivity contribution in [2.24, 2.45) is 23.7 Å². The lowest BCUT2D eigenvalue weighted by molar-refractivity contribution is -0.161. The Morgan fingerprint density at radius 1 is 0.243 bits per heavy atom. The number of unbranched alkanes of at least 4 members (excludes halogenated alkanes) is 47. The molecule has 0 spiro atoms. The minimum absolute atomic E-state index is 0.106. The van der Waals surface area contributed by atoms with Gasteiger partial charge in [-0.3, -0.25) is 37.3 Å². The fourth-order valence-electron chi connectivity index (χ4n) is 13.0. The average Bonchev–Trinajstić information content (AvgIpc) is 0.932. The first kappa shape index (κ1) is 101. The first-order chi connectivity index (χ1) is 49.6. The highest BCUT2D eigenvalue weighted by Gasteiger charge is 2.30. The molecule has 5 atom stereocenters. The van der Waals surface area contributed by atoms with Gasteiger partial charge in [-0.25, -0.2) is 9.13 Å². The van der Waals surface area contributed by atoms with E-state index >= 15 is 0 Å². The number of ether oxygens (including phenoxy) is 4. The molecule has 0 radical (unpaired) electrons. The smallest absolute Gasteiger partial charge is 0.462 e. The van der Waals surface area contributed by atoms with Gasteiger partial charge in [0.2, 0.25) is 0 Å². The SMILES string of the molecule is CC(C)CCCCCCCCCCCCCCCCCCCCC(=O)OC[C@H](COP(=O)(O)OCC(O)COP(=O)(O)OC[C@@H](COC(=O)CCCCCCCCC(C)C)OC(=O)CCCCCCCCCCCCCCCCCC(C)C)OC(=O)CCCCCCCCCCCCCCC(C)C. The number of carbonyl (C=O) groups is 4. The van der Waals surface area contributed by atoms with Crippen molar-refractivity contribution < 1.29 is 80.2 Å².